The van der Waals surface area contributed by atoms with Crippen molar-refractivity contribution in [3.05, 3.63) is 46.4 Å². The highest BCUT2D eigenvalue weighted by Crippen LogP contribution is 2.28. The Morgan fingerprint density at radius 1 is 1.26 bits per heavy atom. The van der Waals surface area contributed by atoms with Crippen molar-refractivity contribution in [1.29, 1.82) is 0 Å². The van der Waals surface area contributed by atoms with E-state index in [0.717, 1.165) is 29.2 Å². The Morgan fingerprint density at radius 3 is 2.84 bits per heavy atom. The average Bonchev–Trinajstić information content (AvgIpc) is 2.41. The molecule has 0 saturated heterocycles. The maximum atomic E-state index is 12.1. The van der Waals surface area contributed by atoms with E-state index in [-0.39, 0.29) is 5.82 Å². The molecule has 0 aliphatic carbocycles. The molecular weight excluding hydrogens is 240 g/mol. The van der Waals surface area contributed by atoms with Crippen molar-refractivity contribution in [2.24, 2.45) is 0 Å². The third kappa shape index (κ3) is 1.76. The Balaban J connectivity index is 2.59. The van der Waals surface area contributed by atoms with E-state index in [0.29, 0.717) is 11.0 Å². The lowest BCUT2D eigenvalue weighted by Gasteiger charge is -2.09. The van der Waals surface area contributed by atoms with Crippen LogP contribution >= 0.6 is 0 Å². The molecule has 0 saturated carbocycles. The number of anilines is 1. The van der Waals surface area contributed by atoms with Crippen molar-refractivity contribution in [2.45, 2.75) is 19.8 Å². The van der Waals surface area contributed by atoms with Crippen LogP contribution < -0.4 is 11.4 Å². The summed E-state index contributed by atoms with van der Waals surface area (Å²) in [6, 6.07) is 7.51. The lowest BCUT2D eigenvalue weighted by Crippen LogP contribution is -2.07. The number of hydrogen-bond acceptors (Lipinski definition) is 4. The van der Waals surface area contributed by atoms with Crippen molar-refractivity contribution in [2.75, 3.05) is 5.73 Å². The molecule has 2 N–H and O–H groups in total. The summed E-state index contributed by atoms with van der Waals surface area (Å²) in [6.45, 7) is 2.09. The predicted octanol–water partition coefficient (Wildman–Crippen LogP) is 2.88. The van der Waals surface area contributed by atoms with E-state index in [9.17, 15) is 4.79 Å². The minimum absolute atomic E-state index is 0.231. The SMILES string of the molecule is CCCc1cnc(N)c2c(=O)oc3ccccc3c12. The first-order valence-corrected chi connectivity index (χ1v) is 6.31. The van der Waals surface area contributed by atoms with E-state index in [1.165, 1.54) is 0 Å². The summed E-state index contributed by atoms with van der Waals surface area (Å²) in [5.74, 6) is 0.231. The van der Waals surface area contributed by atoms with Gasteiger partial charge in [0.1, 0.15) is 16.8 Å². The van der Waals surface area contributed by atoms with E-state index >= 15 is 0 Å². The van der Waals surface area contributed by atoms with Gasteiger partial charge < -0.3 is 10.2 Å². The van der Waals surface area contributed by atoms with E-state index in [1.807, 2.05) is 18.2 Å². The highest BCUT2D eigenvalue weighted by Gasteiger charge is 2.14. The normalized spacial score (nSPS) is 11.2. The van der Waals surface area contributed by atoms with E-state index in [2.05, 4.69) is 11.9 Å². The number of aromatic nitrogens is 1. The molecule has 0 unspecified atom stereocenters. The Labute approximate surface area is 109 Å². The first kappa shape index (κ1) is 11.7. The van der Waals surface area contributed by atoms with Crippen molar-refractivity contribution >= 4 is 27.6 Å². The first-order valence-electron chi connectivity index (χ1n) is 6.31. The minimum atomic E-state index is -0.420. The molecule has 0 fully saturated rings. The maximum Gasteiger partial charge on any atom is 0.347 e. The van der Waals surface area contributed by atoms with Gasteiger partial charge in [0.05, 0.1) is 0 Å². The third-order valence-electron chi connectivity index (χ3n) is 3.27. The van der Waals surface area contributed by atoms with Crippen LogP contribution in [0.25, 0.3) is 21.7 Å². The van der Waals surface area contributed by atoms with E-state index in [1.54, 1.807) is 12.3 Å². The van der Waals surface area contributed by atoms with Gasteiger partial charge in [0.25, 0.3) is 0 Å². The number of nitrogens with two attached hydrogens (primary N) is 1. The number of fused-ring (bicyclic) bond motifs is 3. The smallest absolute Gasteiger partial charge is 0.347 e. The molecule has 0 bridgehead atoms. The molecule has 0 radical (unpaired) electrons. The van der Waals surface area contributed by atoms with Crippen LogP contribution in [0.3, 0.4) is 0 Å². The zero-order valence-electron chi connectivity index (χ0n) is 10.6. The molecule has 3 rings (SSSR count). The summed E-state index contributed by atoms with van der Waals surface area (Å²) in [5, 5.41) is 2.18. The second kappa shape index (κ2) is 4.39. The molecule has 0 spiro atoms. The molecule has 0 aliphatic heterocycles. The van der Waals surface area contributed by atoms with Crippen LogP contribution in [0.5, 0.6) is 0 Å². The number of nitrogens with zero attached hydrogens (tertiary/aromatic N) is 1. The largest absolute Gasteiger partial charge is 0.422 e. The lowest BCUT2D eigenvalue weighted by molar-refractivity contribution is 0.569. The second-order valence-electron chi connectivity index (χ2n) is 4.55. The predicted molar refractivity (Wildman–Crippen MR) is 76.2 cm³/mol. The van der Waals surface area contributed by atoms with Gasteiger partial charge in [0.15, 0.2) is 0 Å². The highest BCUT2D eigenvalue weighted by atomic mass is 16.4. The Hall–Kier alpha value is -2.36. The molecule has 96 valence electrons. The van der Waals surface area contributed by atoms with Gasteiger partial charge in [-0.2, -0.15) is 0 Å². The van der Waals surface area contributed by atoms with Gasteiger partial charge in [0.2, 0.25) is 0 Å². The Morgan fingerprint density at radius 2 is 2.05 bits per heavy atom. The maximum absolute atomic E-state index is 12.1. The van der Waals surface area contributed by atoms with Gasteiger partial charge in [-0.05, 0) is 18.1 Å². The van der Waals surface area contributed by atoms with Gasteiger partial charge in [-0.3, -0.25) is 0 Å². The topological polar surface area (TPSA) is 69.1 Å². The van der Waals surface area contributed by atoms with Crippen LogP contribution in [-0.2, 0) is 6.42 Å². The summed E-state index contributed by atoms with van der Waals surface area (Å²) in [4.78, 5) is 16.2. The summed E-state index contributed by atoms with van der Waals surface area (Å²) < 4.78 is 5.31. The highest BCUT2D eigenvalue weighted by molar-refractivity contribution is 6.09. The van der Waals surface area contributed by atoms with Crippen molar-refractivity contribution in [3.63, 3.8) is 0 Å². The molecule has 19 heavy (non-hydrogen) atoms. The van der Waals surface area contributed by atoms with Gasteiger partial charge in [-0.15, -0.1) is 0 Å². The van der Waals surface area contributed by atoms with Gasteiger partial charge >= 0.3 is 5.63 Å². The monoisotopic (exact) mass is 254 g/mol. The number of hydrogen-bond donors (Lipinski definition) is 1. The second-order valence-corrected chi connectivity index (χ2v) is 4.55. The lowest BCUT2D eigenvalue weighted by atomic mass is 10.0. The van der Waals surface area contributed by atoms with Gasteiger partial charge in [-0.25, -0.2) is 9.78 Å². The standard InChI is InChI=1S/C15H14N2O2/c1-2-5-9-8-17-14(16)13-12(9)10-6-3-4-7-11(10)19-15(13)18/h3-4,6-8H,2,5H2,1H3,(H2,16,17). The molecule has 4 heteroatoms. The number of pyridine rings is 1. The number of para-hydroxylation sites is 1. The average molecular weight is 254 g/mol. The Bertz CT molecular complexity index is 821. The van der Waals surface area contributed by atoms with Crippen LogP contribution in [0, 0.1) is 0 Å². The molecule has 0 atom stereocenters. The quantitative estimate of drug-likeness (QED) is 0.564. The molecule has 4 nitrogen and oxygen atoms in total. The van der Waals surface area contributed by atoms with Crippen LogP contribution in [0.1, 0.15) is 18.9 Å². The zero-order chi connectivity index (χ0) is 13.4. The molecule has 3 aromatic rings. The number of rotatable bonds is 2. The molecular formula is C15H14N2O2. The van der Waals surface area contributed by atoms with Crippen molar-refractivity contribution in [3.8, 4) is 0 Å². The molecule has 0 aliphatic rings. The van der Waals surface area contributed by atoms with E-state index in [4.69, 9.17) is 10.2 Å². The van der Waals surface area contributed by atoms with Gasteiger partial charge in [-0.1, -0.05) is 31.5 Å². The summed E-state index contributed by atoms with van der Waals surface area (Å²) in [6.07, 6.45) is 3.60. The fourth-order valence-corrected chi connectivity index (χ4v) is 2.45. The molecule has 2 heterocycles. The minimum Gasteiger partial charge on any atom is -0.422 e. The fourth-order valence-electron chi connectivity index (χ4n) is 2.45. The molecule has 1 aromatic carbocycles. The zero-order valence-corrected chi connectivity index (χ0v) is 10.6. The number of aryl methyl sites for hydroxylation is 1. The number of benzene rings is 1. The first-order chi connectivity index (χ1) is 9.22. The van der Waals surface area contributed by atoms with Crippen LogP contribution in [0.15, 0.2) is 39.7 Å². The molecule has 2 aromatic heterocycles. The number of nitrogen functional groups attached to an aromatic ring is 1. The van der Waals surface area contributed by atoms with Crippen molar-refractivity contribution < 1.29 is 4.42 Å². The van der Waals surface area contributed by atoms with Crippen LogP contribution in [0.2, 0.25) is 0 Å². The third-order valence-corrected chi connectivity index (χ3v) is 3.27. The Kier molecular flexibility index (Phi) is 2.71. The van der Waals surface area contributed by atoms with Crippen LogP contribution in [-0.4, -0.2) is 4.98 Å². The van der Waals surface area contributed by atoms with Crippen molar-refractivity contribution in [1.82, 2.24) is 4.98 Å². The fraction of sp³-hybridized carbons (Fsp3) is 0.200. The van der Waals surface area contributed by atoms with E-state index < -0.39 is 5.63 Å². The summed E-state index contributed by atoms with van der Waals surface area (Å²) >= 11 is 0. The van der Waals surface area contributed by atoms with Crippen LogP contribution in [0.4, 0.5) is 5.82 Å². The summed E-state index contributed by atoms with van der Waals surface area (Å²) in [5.41, 5.74) is 7.05. The molecule has 0 amide bonds. The van der Waals surface area contributed by atoms with Gasteiger partial charge in [0, 0.05) is 17.0 Å². The summed E-state index contributed by atoms with van der Waals surface area (Å²) in [7, 11) is 0.